The van der Waals surface area contributed by atoms with Crippen molar-refractivity contribution in [3.05, 3.63) is 145 Å². The first-order valence-electron chi connectivity index (χ1n) is 22.9. The van der Waals surface area contributed by atoms with Gasteiger partial charge in [-0.15, -0.1) is 0 Å². The number of rotatable bonds is 10. The van der Waals surface area contributed by atoms with Crippen LogP contribution in [0.15, 0.2) is 122 Å². The molecule has 1 aromatic carbocycles. The zero-order valence-corrected chi connectivity index (χ0v) is 37.5. The third-order valence-electron chi connectivity index (χ3n) is 13.0. The van der Waals surface area contributed by atoms with Crippen molar-refractivity contribution in [2.24, 2.45) is 0 Å². The van der Waals surface area contributed by atoms with Crippen molar-refractivity contribution in [3.63, 3.8) is 0 Å². The molecule has 0 radical (unpaired) electrons. The van der Waals surface area contributed by atoms with E-state index in [1.54, 1.807) is 49.3 Å². The third-order valence-corrected chi connectivity index (χ3v) is 13.0. The van der Waals surface area contributed by atoms with Gasteiger partial charge in [0, 0.05) is 87.1 Å². The lowest BCUT2D eigenvalue weighted by molar-refractivity contribution is -0.352. The Labute approximate surface area is 404 Å². The van der Waals surface area contributed by atoms with Gasteiger partial charge in [-0.25, -0.2) is 9.97 Å². The van der Waals surface area contributed by atoms with Crippen LogP contribution in [0.2, 0.25) is 0 Å². The summed E-state index contributed by atoms with van der Waals surface area (Å²) in [7, 11) is 0. The molecule has 0 spiro atoms. The Hall–Kier alpha value is -7.33. The second-order valence-electron chi connectivity index (χ2n) is 17.3. The maximum atomic E-state index is 11.6. The number of para-hydroxylation sites is 1. The first-order chi connectivity index (χ1) is 34.7. The Morgan fingerprint density at radius 1 is 0.451 bits per heavy atom. The van der Waals surface area contributed by atoms with Gasteiger partial charge in [-0.1, -0.05) is 18.2 Å². The highest BCUT2D eigenvalue weighted by molar-refractivity contribution is 6.00. The lowest BCUT2D eigenvalue weighted by Crippen LogP contribution is -2.65. The average molecular weight is 958 g/mol. The van der Waals surface area contributed by atoms with Gasteiger partial charge in [-0.2, -0.15) is 0 Å². The van der Waals surface area contributed by atoms with Gasteiger partial charge in [-0.05, 0) is 108 Å². The number of ether oxygens (including phenoxy) is 4. The van der Waals surface area contributed by atoms with E-state index < -0.39 is 74.6 Å². The summed E-state index contributed by atoms with van der Waals surface area (Å²) in [6.07, 6.45) is 1.94. The van der Waals surface area contributed by atoms with Gasteiger partial charge in [0.2, 0.25) is 6.29 Å². The minimum Gasteiger partial charge on any atom is -0.461 e. The molecule has 0 aliphatic carbocycles. The molecule has 10 atom stereocenters. The Morgan fingerprint density at radius 3 is 1.35 bits per heavy atom. The van der Waals surface area contributed by atoms with Crippen LogP contribution in [0.25, 0.3) is 90.9 Å². The van der Waals surface area contributed by atoms with Gasteiger partial charge in [0.25, 0.3) is 0 Å². The molecule has 10 heterocycles. The van der Waals surface area contributed by atoms with Gasteiger partial charge in [-0.3, -0.25) is 15.0 Å². The van der Waals surface area contributed by atoms with Crippen LogP contribution in [0.4, 0.5) is 0 Å². The van der Waals surface area contributed by atoms with E-state index in [1.165, 1.54) is 0 Å². The molecule has 18 nitrogen and oxygen atoms in total. The molecule has 0 unspecified atom stereocenters. The van der Waals surface area contributed by atoms with Crippen LogP contribution in [0.5, 0.6) is 5.75 Å². The quantitative estimate of drug-likeness (QED) is 0.0912. The van der Waals surface area contributed by atoms with Gasteiger partial charge in [0.1, 0.15) is 54.6 Å². The summed E-state index contributed by atoms with van der Waals surface area (Å²) in [4.78, 5) is 30.9. The van der Waals surface area contributed by atoms with Crippen molar-refractivity contribution in [2.75, 3.05) is 13.2 Å². The Bertz CT molecular complexity index is 3260. The summed E-state index contributed by atoms with van der Waals surface area (Å²) < 4.78 is 23.9. The molecule has 8 bridgehead atoms. The van der Waals surface area contributed by atoms with Crippen LogP contribution < -0.4 is 4.74 Å². The molecular formula is C53H47N7O11. The van der Waals surface area contributed by atoms with Crippen molar-refractivity contribution in [1.82, 2.24) is 34.9 Å². The van der Waals surface area contributed by atoms with Gasteiger partial charge < -0.3 is 64.7 Å². The Morgan fingerprint density at radius 2 is 0.873 bits per heavy atom. The van der Waals surface area contributed by atoms with E-state index in [0.717, 1.165) is 55.6 Å². The van der Waals surface area contributed by atoms with E-state index in [0.29, 0.717) is 33.7 Å². The fourth-order valence-electron chi connectivity index (χ4n) is 9.51. The van der Waals surface area contributed by atoms with Crippen LogP contribution >= 0.6 is 0 Å². The number of aromatic amines is 2. The third kappa shape index (κ3) is 8.61. The SMILES string of the molecule is OC[C@H]1O[C@@H](O[C@H]2[C@H](O)[C@@H](O)[C@H](Oc3ccccc3-c3c4nc(c(-c5ccncc5)c5ccc([nH]5)c(-c5ccncc5)c5nc(c(-c6ccncc6)c6ccc3[nH]6)C=C5)C=C4)O[C@@H]2CO)[C@H](O)[C@@H](O)[C@H]1O. The summed E-state index contributed by atoms with van der Waals surface area (Å²) >= 11 is 0. The summed E-state index contributed by atoms with van der Waals surface area (Å²) in [5.74, 6) is 0.214. The second-order valence-corrected chi connectivity index (χ2v) is 17.3. The molecule has 0 saturated carbocycles. The number of aliphatic hydroxyl groups is 7. The first-order valence-corrected chi connectivity index (χ1v) is 22.9. The second kappa shape index (κ2) is 19.5. The van der Waals surface area contributed by atoms with Gasteiger partial charge in [0.05, 0.1) is 36.0 Å². The molecule has 4 aliphatic rings. The number of aromatic nitrogens is 7. The molecule has 9 N–H and O–H groups in total. The van der Waals surface area contributed by atoms with E-state index in [4.69, 9.17) is 28.9 Å². The predicted octanol–water partition coefficient (Wildman–Crippen LogP) is 4.51. The number of hydrogen-bond acceptors (Lipinski definition) is 16. The van der Waals surface area contributed by atoms with Crippen LogP contribution in [-0.2, 0) is 14.2 Å². The molecule has 0 amide bonds. The number of hydrogen-bond donors (Lipinski definition) is 9. The predicted molar refractivity (Wildman–Crippen MR) is 261 cm³/mol. The molecule has 11 rings (SSSR count). The van der Waals surface area contributed by atoms with E-state index in [-0.39, 0.29) is 5.75 Å². The highest BCUT2D eigenvalue weighted by atomic mass is 16.7. The molecule has 2 saturated heterocycles. The van der Waals surface area contributed by atoms with Crippen LogP contribution in [0.1, 0.15) is 22.8 Å². The molecule has 360 valence electrons. The summed E-state index contributed by atoms with van der Waals surface area (Å²) in [6, 6.07) is 26.6. The van der Waals surface area contributed by atoms with Crippen LogP contribution in [-0.4, -0.2) is 145 Å². The number of aliphatic hydroxyl groups excluding tert-OH is 7. The lowest BCUT2D eigenvalue weighted by Gasteiger charge is -2.45. The highest BCUT2D eigenvalue weighted by Crippen LogP contribution is 2.41. The van der Waals surface area contributed by atoms with Crippen molar-refractivity contribution in [1.29, 1.82) is 0 Å². The Kier molecular flexibility index (Phi) is 12.6. The minimum atomic E-state index is -1.82. The topological polar surface area (TPSA) is 275 Å². The fraction of sp³-hybridized carbons (Fsp3) is 0.226. The number of nitrogens with zero attached hydrogens (tertiary/aromatic N) is 5. The zero-order valence-electron chi connectivity index (χ0n) is 37.5. The lowest BCUT2D eigenvalue weighted by atomic mass is 9.97. The molecule has 4 aliphatic heterocycles. The van der Waals surface area contributed by atoms with Crippen molar-refractivity contribution in [3.8, 4) is 50.3 Å². The zero-order chi connectivity index (χ0) is 48.8. The molecule has 2 fully saturated rings. The first kappa shape index (κ1) is 46.1. The number of benzene rings is 1. The number of H-pyrrole nitrogens is 2. The normalized spacial score (nSPS) is 25.1. The largest absolute Gasteiger partial charge is 0.461 e. The molecule has 7 aromatic rings. The number of nitrogens with one attached hydrogen (secondary N) is 2. The average Bonchev–Trinajstić information content (AvgIpc) is 4.26. The van der Waals surface area contributed by atoms with E-state index in [2.05, 4.69) is 24.9 Å². The molecule has 6 aromatic heterocycles. The van der Waals surface area contributed by atoms with E-state index >= 15 is 0 Å². The maximum absolute atomic E-state index is 11.6. The van der Waals surface area contributed by atoms with Crippen LogP contribution in [0.3, 0.4) is 0 Å². The van der Waals surface area contributed by atoms with Gasteiger partial charge >= 0.3 is 0 Å². The molecular weight excluding hydrogens is 911 g/mol. The monoisotopic (exact) mass is 957 g/mol. The fourth-order valence-corrected chi connectivity index (χ4v) is 9.51. The summed E-state index contributed by atoms with van der Waals surface area (Å²) in [5, 5.41) is 74.8. The van der Waals surface area contributed by atoms with Gasteiger partial charge in [0.15, 0.2) is 6.29 Å². The maximum Gasteiger partial charge on any atom is 0.229 e. The van der Waals surface area contributed by atoms with Crippen molar-refractivity contribution >= 4 is 46.4 Å². The standard InChI is InChI=1S/C53H47N7O11/c61-25-40-46(63)47(64)49(66)53(69-40)71-51-41(26-62)70-52(50(67)48(51)65)68-39-4-2-1-3-30(39)45-37-11-9-35(59-37)43(28-15-21-55-22-16-28)33-7-5-31(57-33)42(27-13-19-54-20-14-27)32-6-8-34(58-32)44(29-17-23-56-24-18-29)36-10-12-38(45)60-36/h1-24,40-41,46-53,57,60-67H,25-26H2/t40-,41-,46+,47+,48-,49-,50-,51-,52-,53+/m1/s1. The number of pyridine rings is 3. The smallest absolute Gasteiger partial charge is 0.229 e. The van der Waals surface area contributed by atoms with Crippen molar-refractivity contribution in [2.45, 2.75) is 61.4 Å². The summed E-state index contributed by atoms with van der Waals surface area (Å²) in [5.41, 5.74) is 11.8. The van der Waals surface area contributed by atoms with Crippen LogP contribution in [0, 0.1) is 0 Å². The summed E-state index contributed by atoms with van der Waals surface area (Å²) in [6.45, 7) is -1.46. The van der Waals surface area contributed by atoms with E-state index in [1.807, 2.05) is 97.1 Å². The van der Waals surface area contributed by atoms with Crippen molar-refractivity contribution < 1.29 is 54.7 Å². The molecule has 71 heavy (non-hydrogen) atoms. The minimum absolute atomic E-state index is 0.214. The van der Waals surface area contributed by atoms with E-state index in [9.17, 15) is 35.7 Å². The highest BCUT2D eigenvalue weighted by Gasteiger charge is 2.51. The Balaban J connectivity index is 1.08. The molecule has 18 heteroatoms. The number of fused-ring (bicyclic) bond motifs is 8.